The van der Waals surface area contributed by atoms with Gasteiger partial charge in [-0.25, -0.2) is 0 Å². The Hall–Kier alpha value is -0.480. The Kier molecular flexibility index (Phi) is 2.56. The summed E-state index contributed by atoms with van der Waals surface area (Å²) in [6, 6.07) is 0. The van der Waals surface area contributed by atoms with Crippen molar-refractivity contribution in [3.63, 3.8) is 0 Å². The van der Waals surface area contributed by atoms with Crippen LogP contribution < -0.4 is 0 Å². The van der Waals surface area contributed by atoms with Gasteiger partial charge in [0.25, 0.3) is 0 Å². The molecule has 4 aliphatic rings. The van der Waals surface area contributed by atoms with Crippen molar-refractivity contribution in [1.82, 2.24) is 0 Å². The highest BCUT2D eigenvalue weighted by Gasteiger charge is 2.52. The maximum Gasteiger partial charge on any atom is 0.125 e. The third-order valence-electron chi connectivity index (χ3n) is 5.63. The molecule has 1 atom stereocenters. The molecule has 1 heteroatoms. The lowest BCUT2D eigenvalue weighted by molar-refractivity contribution is -0.0929. The third kappa shape index (κ3) is 1.91. The van der Waals surface area contributed by atoms with Gasteiger partial charge in [-0.2, -0.15) is 0 Å². The lowest BCUT2D eigenvalue weighted by Crippen LogP contribution is -2.49. The van der Waals surface area contributed by atoms with E-state index in [0.717, 1.165) is 24.2 Å². The fourth-order valence-electron chi connectivity index (χ4n) is 5.40. The van der Waals surface area contributed by atoms with Gasteiger partial charge in [0.15, 0.2) is 0 Å². The Morgan fingerprint density at radius 1 is 1.18 bits per heavy atom. The first-order valence-electron chi connectivity index (χ1n) is 7.09. The Balaban J connectivity index is 1.81. The summed E-state index contributed by atoms with van der Waals surface area (Å²) in [4.78, 5) is 0. The Labute approximate surface area is 105 Å². The lowest BCUT2D eigenvalue weighted by atomic mass is 9.48. The summed E-state index contributed by atoms with van der Waals surface area (Å²) in [6.07, 6.45) is 15.5. The van der Waals surface area contributed by atoms with Crippen LogP contribution in [0.25, 0.3) is 0 Å². The van der Waals surface area contributed by atoms with Crippen LogP contribution in [-0.2, 0) is 4.74 Å². The molecule has 0 amide bonds. The van der Waals surface area contributed by atoms with Gasteiger partial charge < -0.3 is 4.74 Å². The van der Waals surface area contributed by atoms with Crippen molar-refractivity contribution < 1.29 is 4.74 Å². The minimum Gasteiger partial charge on any atom is -0.366 e. The number of hydrogen-bond donors (Lipinski definition) is 0. The number of rotatable bonds is 3. The monoisotopic (exact) mass is 232 g/mol. The zero-order valence-electron chi connectivity index (χ0n) is 11.2. The van der Waals surface area contributed by atoms with E-state index < -0.39 is 0 Å². The first-order chi connectivity index (χ1) is 8.06. The van der Waals surface area contributed by atoms with Crippen molar-refractivity contribution in [3.05, 3.63) is 0 Å². The van der Waals surface area contributed by atoms with Crippen LogP contribution in [0.3, 0.4) is 0 Å². The van der Waals surface area contributed by atoms with E-state index in [4.69, 9.17) is 11.2 Å². The average Bonchev–Trinajstić information content (AvgIpc) is 2.26. The molecule has 0 spiro atoms. The number of terminal acetylenes is 1. The van der Waals surface area contributed by atoms with Crippen LogP contribution in [0.2, 0.25) is 0 Å². The summed E-state index contributed by atoms with van der Waals surface area (Å²) in [7, 11) is 1.76. The maximum atomic E-state index is 5.67. The number of methoxy groups -OCH3 is 1. The summed E-state index contributed by atoms with van der Waals surface area (Å²) in [5.74, 6) is 5.88. The molecule has 0 aromatic heterocycles. The van der Waals surface area contributed by atoms with E-state index in [-0.39, 0.29) is 5.60 Å². The van der Waals surface area contributed by atoms with Crippen LogP contribution in [0.1, 0.15) is 51.9 Å². The van der Waals surface area contributed by atoms with E-state index in [1.54, 1.807) is 7.11 Å². The van der Waals surface area contributed by atoms with E-state index in [0.29, 0.717) is 5.41 Å². The molecule has 17 heavy (non-hydrogen) atoms. The second-order valence-corrected chi connectivity index (χ2v) is 7.17. The zero-order valence-corrected chi connectivity index (χ0v) is 11.2. The van der Waals surface area contributed by atoms with Gasteiger partial charge in [0.1, 0.15) is 5.60 Å². The third-order valence-corrected chi connectivity index (χ3v) is 5.63. The number of hydrogen-bond acceptors (Lipinski definition) is 1. The second-order valence-electron chi connectivity index (χ2n) is 7.17. The fraction of sp³-hybridized carbons (Fsp3) is 0.875. The summed E-state index contributed by atoms with van der Waals surface area (Å²) >= 11 is 0. The molecule has 0 aliphatic heterocycles. The Morgan fingerprint density at radius 3 is 2.00 bits per heavy atom. The van der Waals surface area contributed by atoms with Gasteiger partial charge in [-0.05, 0) is 75.0 Å². The van der Waals surface area contributed by atoms with Crippen LogP contribution in [0.4, 0.5) is 0 Å². The quantitative estimate of drug-likeness (QED) is 0.675. The molecule has 94 valence electrons. The minimum atomic E-state index is -0.342. The predicted octanol–water partition coefficient (Wildman–Crippen LogP) is 3.63. The van der Waals surface area contributed by atoms with Gasteiger partial charge in [-0.3, -0.25) is 0 Å². The molecule has 0 N–H and O–H groups in total. The van der Waals surface area contributed by atoms with Gasteiger partial charge >= 0.3 is 0 Å². The van der Waals surface area contributed by atoms with E-state index in [1.807, 2.05) is 0 Å². The van der Waals surface area contributed by atoms with Crippen molar-refractivity contribution in [2.45, 2.75) is 57.5 Å². The standard InChI is InChI=1S/C16H24O/c1-4-15(2,17-3)11-16-8-12-5-13(9-16)7-14(6-12)10-16/h1,12-14H,5-11H2,2-3H3. The highest BCUT2D eigenvalue weighted by molar-refractivity contribution is 5.12. The molecular formula is C16H24O. The molecule has 0 aromatic carbocycles. The van der Waals surface area contributed by atoms with E-state index in [9.17, 15) is 0 Å². The molecule has 4 saturated carbocycles. The first-order valence-corrected chi connectivity index (χ1v) is 7.09. The Morgan fingerprint density at radius 2 is 1.65 bits per heavy atom. The van der Waals surface area contributed by atoms with E-state index in [1.165, 1.54) is 38.5 Å². The van der Waals surface area contributed by atoms with Crippen LogP contribution in [0.5, 0.6) is 0 Å². The topological polar surface area (TPSA) is 9.23 Å². The molecule has 4 bridgehead atoms. The molecule has 0 radical (unpaired) electrons. The molecule has 4 rings (SSSR count). The number of ether oxygens (including phenoxy) is 1. The van der Waals surface area contributed by atoms with E-state index in [2.05, 4.69) is 12.8 Å². The summed E-state index contributed by atoms with van der Waals surface area (Å²) in [5.41, 5.74) is 0.178. The molecule has 4 fully saturated rings. The predicted molar refractivity (Wildman–Crippen MR) is 69.5 cm³/mol. The SMILES string of the molecule is C#CC(C)(CC12CC3CC(CC(C3)C1)C2)OC. The minimum absolute atomic E-state index is 0.342. The smallest absolute Gasteiger partial charge is 0.125 e. The molecule has 0 saturated heterocycles. The van der Waals surface area contributed by atoms with Crippen molar-refractivity contribution >= 4 is 0 Å². The van der Waals surface area contributed by atoms with Crippen molar-refractivity contribution in [3.8, 4) is 12.3 Å². The van der Waals surface area contributed by atoms with Gasteiger partial charge in [-0.1, -0.05) is 5.92 Å². The van der Waals surface area contributed by atoms with Crippen molar-refractivity contribution in [2.75, 3.05) is 7.11 Å². The molecular weight excluding hydrogens is 208 g/mol. The fourth-order valence-corrected chi connectivity index (χ4v) is 5.40. The average molecular weight is 232 g/mol. The van der Waals surface area contributed by atoms with Crippen molar-refractivity contribution in [2.24, 2.45) is 23.2 Å². The van der Waals surface area contributed by atoms with Crippen LogP contribution >= 0.6 is 0 Å². The maximum absolute atomic E-state index is 5.67. The first kappa shape index (κ1) is 11.6. The van der Waals surface area contributed by atoms with E-state index >= 15 is 0 Å². The second kappa shape index (κ2) is 3.75. The van der Waals surface area contributed by atoms with Gasteiger partial charge in [0.05, 0.1) is 0 Å². The molecule has 0 aromatic rings. The molecule has 1 nitrogen and oxygen atoms in total. The van der Waals surface area contributed by atoms with Gasteiger partial charge in [0.2, 0.25) is 0 Å². The normalized spacial score (nSPS) is 46.5. The highest BCUT2D eigenvalue weighted by Crippen LogP contribution is 2.62. The van der Waals surface area contributed by atoms with Crippen LogP contribution in [0, 0.1) is 35.5 Å². The highest BCUT2D eigenvalue weighted by atomic mass is 16.5. The summed E-state index contributed by atoms with van der Waals surface area (Å²) < 4.78 is 5.59. The van der Waals surface area contributed by atoms with Gasteiger partial charge in [0, 0.05) is 7.11 Å². The van der Waals surface area contributed by atoms with Crippen molar-refractivity contribution in [1.29, 1.82) is 0 Å². The molecule has 0 heterocycles. The zero-order chi connectivity index (χ0) is 12.1. The molecule has 1 unspecified atom stereocenters. The lowest BCUT2D eigenvalue weighted by Gasteiger charge is -2.58. The summed E-state index contributed by atoms with van der Waals surface area (Å²) in [5, 5.41) is 0. The van der Waals surface area contributed by atoms with Gasteiger partial charge in [-0.15, -0.1) is 6.42 Å². The summed E-state index contributed by atoms with van der Waals surface area (Å²) in [6.45, 7) is 2.09. The Bertz CT molecular complexity index is 316. The largest absolute Gasteiger partial charge is 0.366 e. The van der Waals surface area contributed by atoms with Crippen LogP contribution in [-0.4, -0.2) is 12.7 Å². The van der Waals surface area contributed by atoms with Crippen LogP contribution in [0.15, 0.2) is 0 Å². The molecule has 4 aliphatic carbocycles.